The van der Waals surface area contributed by atoms with Gasteiger partial charge in [0, 0.05) is 6.54 Å². The number of nitrogens with zero attached hydrogens (tertiary/aromatic N) is 1. The Morgan fingerprint density at radius 2 is 1.72 bits per heavy atom. The fourth-order valence-corrected chi connectivity index (χ4v) is 4.46. The number of carbonyl (C=O) groups is 1. The lowest BCUT2D eigenvalue weighted by Gasteiger charge is -2.28. The highest BCUT2D eigenvalue weighted by Crippen LogP contribution is 2.22. The van der Waals surface area contributed by atoms with E-state index in [0.29, 0.717) is 18.2 Å². The van der Waals surface area contributed by atoms with Gasteiger partial charge >= 0.3 is 0 Å². The molecule has 5 nitrogen and oxygen atoms in total. The van der Waals surface area contributed by atoms with Crippen LogP contribution in [0.1, 0.15) is 49.8 Å². The Hall–Kier alpha value is -2.34. The van der Waals surface area contributed by atoms with Crippen LogP contribution >= 0.6 is 0 Å². The molecule has 0 aliphatic carbocycles. The second-order valence-corrected chi connectivity index (χ2v) is 9.72. The molecule has 0 bridgehead atoms. The minimum Gasteiger partial charge on any atom is -0.354 e. The largest absolute Gasteiger partial charge is 0.354 e. The highest BCUT2D eigenvalue weighted by Gasteiger charge is 2.28. The van der Waals surface area contributed by atoms with E-state index in [9.17, 15) is 13.2 Å². The van der Waals surface area contributed by atoms with E-state index < -0.39 is 16.1 Å². The molecule has 0 aliphatic rings. The molecule has 1 amide bonds. The highest BCUT2D eigenvalue weighted by atomic mass is 32.2. The van der Waals surface area contributed by atoms with Crippen molar-refractivity contribution in [1.29, 1.82) is 0 Å². The summed E-state index contributed by atoms with van der Waals surface area (Å²) in [5.41, 5.74) is 3.98. The zero-order chi connectivity index (χ0) is 21.6. The minimum atomic E-state index is -3.59. The standard InChI is InChI=1S/C23H32N2O3S/c1-17(2)21-13-11-20(12-14-21)9-7-15-24-23(26)19(4)25(29(5,27)28)22-10-6-8-18(3)16-22/h6,8,10-14,16-17,19H,7,9,15H2,1-5H3,(H,24,26)/t19-/m1/s1. The maximum atomic E-state index is 12.6. The fraction of sp³-hybridized carbons (Fsp3) is 0.435. The molecule has 2 rings (SSSR count). The topological polar surface area (TPSA) is 66.5 Å². The lowest BCUT2D eigenvalue weighted by atomic mass is 10.0. The first-order valence-electron chi connectivity index (χ1n) is 10.0. The van der Waals surface area contributed by atoms with Gasteiger partial charge in [0.1, 0.15) is 6.04 Å². The van der Waals surface area contributed by atoms with E-state index in [1.54, 1.807) is 25.1 Å². The number of aryl methyl sites for hydroxylation is 2. The maximum absolute atomic E-state index is 12.6. The van der Waals surface area contributed by atoms with Gasteiger partial charge in [-0.2, -0.15) is 0 Å². The summed E-state index contributed by atoms with van der Waals surface area (Å²) in [6, 6.07) is 14.9. The van der Waals surface area contributed by atoms with E-state index in [-0.39, 0.29) is 5.91 Å². The smallest absolute Gasteiger partial charge is 0.243 e. The zero-order valence-electron chi connectivity index (χ0n) is 18.0. The number of hydrogen-bond acceptors (Lipinski definition) is 3. The number of amides is 1. The third kappa shape index (κ3) is 6.60. The molecule has 0 saturated carbocycles. The second kappa shape index (κ2) is 9.92. The number of anilines is 1. The van der Waals surface area contributed by atoms with E-state index >= 15 is 0 Å². The van der Waals surface area contributed by atoms with E-state index in [2.05, 4.69) is 43.4 Å². The third-order valence-corrected chi connectivity index (χ3v) is 6.17. The SMILES string of the molecule is Cc1cccc(N([C@H](C)C(=O)NCCCc2ccc(C(C)C)cc2)S(C)(=O)=O)c1. The summed E-state index contributed by atoms with van der Waals surface area (Å²) in [5, 5.41) is 2.87. The van der Waals surface area contributed by atoms with Crippen LogP contribution in [0.15, 0.2) is 48.5 Å². The summed E-state index contributed by atoms with van der Waals surface area (Å²) >= 11 is 0. The molecule has 0 aliphatic heterocycles. The van der Waals surface area contributed by atoms with Crippen molar-refractivity contribution in [3.63, 3.8) is 0 Å². The van der Waals surface area contributed by atoms with Crippen LogP contribution in [-0.4, -0.2) is 33.2 Å². The summed E-state index contributed by atoms with van der Waals surface area (Å²) in [5.74, 6) is 0.211. The van der Waals surface area contributed by atoms with Gasteiger partial charge in [-0.15, -0.1) is 0 Å². The molecule has 0 spiro atoms. The molecule has 1 atom stereocenters. The maximum Gasteiger partial charge on any atom is 0.243 e. The number of benzene rings is 2. The van der Waals surface area contributed by atoms with Gasteiger partial charge in [0.25, 0.3) is 0 Å². The predicted molar refractivity (Wildman–Crippen MR) is 120 cm³/mol. The van der Waals surface area contributed by atoms with Crippen molar-refractivity contribution in [2.45, 2.75) is 52.5 Å². The molecule has 2 aromatic rings. The zero-order valence-corrected chi connectivity index (χ0v) is 18.8. The second-order valence-electron chi connectivity index (χ2n) is 7.86. The number of carbonyl (C=O) groups excluding carboxylic acids is 1. The van der Waals surface area contributed by atoms with Crippen LogP contribution in [0.4, 0.5) is 5.69 Å². The van der Waals surface area contributed by atoms with Crippen molar-refractivity contribution < 1.29 is 13.2 Å². The molecule has 0 radical (unpaired) electrons. The molecule has 6 heteroatoms. The van der Waals surface area contributed by atoms with Crippen molar-refractivity contribution in [3.05, 3.63) is 65.2 Å². The van der Waals surface area contributed by atoms with Crippen molar-refractivity contribution >= 4 is 21.6 Å². The number of sulfonamides is 1. The molecule has 2 aromatic carbocycles. The van der Waals surface area contributed by atoms with Crippen molar-refractivity contribution in [2.75, 3.05) is 17.1 Å². The van der Waals surface area contributed by atoms with Crippen LogP contribution in [0.25, 0.3) is 0 Å². The van der Waals surface area contributed by atoms with Crippen LogP contribution in [0.3, 0.4) is 0 Å². The first-order valence-corrected chi connectivity index (χ1v) is 11.9. The molecular formula is C23H32N2O3S. The molecule has 0 aromatic heterocycles. The van der Waals surface area contributed by atoms with Gasteiger partial charge in [-0.05, 0) is 61.4 Å². The highest BCUT2D eigenvalue weighted by molar-refractivity contribution is 7.92. The Morgan fingerprint density at radius 1 is 1.07 bits per heavy atom. The minimum absolute atomic E-state index is 0.299. The van der Waals surface area contributed by atoms with Crippen LogP contribution in [0.5, 0.6) is 0 Å². The van der Waals surface area contributed by atoms with Crippen LogP contribution in [-0.2, 0) is 21.2 Å². The van der Waals surface area contributed by atoms with Crippen molar-refractivity contribution in [3.8, 4) is 0 Å². The van der Waals surface area contributed by atoms with Gasteiger partial charge < -0.3 is 5.32 Å². The average Bonchev–Trinajstić information content (AvgIpc) is 2.64. The Labute approximate surface area is 175 Å². The number of hydrogen-bond donors (Lipinski definition) is 1. The van der Waals surface area contributed by atoms with Gasteiger partial charge in [-0.25, -0.2) is 8.42 Å². The van der Waals surface area contributed by atoms with E-state index in [1.807, 2.05) is 13.0 Å². The molecule has 0 fully saturated rings. The quantitative estimate of drug-likeness (QED) is 0.628. The van der Waals surface area contributed by atoms with Gasteiger partial charge in [-0.1, -0.05) is 50.2 Å². The number of nitrogens with one attached hydrogen (secondary N) is 1. The fourth-order valence-electron chi connectivity index (χ4n) is 3.29. The van der Waals surface area contributed by atoms with E-state index in [1.165, 1.54) is 15.4 Å². The lowest BCUT2D eigenvalue weighted by Crippen LogP contribution is -2.48. The summed E-state index contributed by atoms with van der Waals surface area (Å²) < 4.78 is 25.8. The van der Waals surface area contributed by atoms with Gasteiger partial charge in [0.15, 0.2) is 0 Å². The van der Waals surface area contributed by atoms with Crippen molar-refractivity contribution in [2.24, 2.45) is 0 Å². The summed E-state index contributed by atoms with van der Waals surface area (Å²) in [7, 11) is -3.59. The number of rotatable bonds is 9. The predicted octanol–water partition coefficient (Wildman–Crippen LogP) is 4.02. The average molecular weight is 417 g/mol. The summed E-state index contributed by atoms with van der Waals surface area (Å²) in [6.07, 6.45) is 2.78. The van der Waals surface area contributed by atoms with Gasteiger partial charge in [0.2, 0.25) is 15.9 Å². The Morgan fingerprint density at radius 3 is 2.28 bits per heavy atom. The summed E-state index contributed by atoms with van der Waals surface area (Å²) in [6.45, 7) is 8.34. The molecule has 0 heterocycles. The first kappa shape index (κ1) is 22.9. The third-order valence-electron chi connectivity index (χ3n) is 4.93. The van der Waals surface area contributed by atoms with Crippen molar-refractivity contribution in [1.82, 2.24) is 5.32 Å². The van der Waals surface area contributed by atoms with Crippen LogP contribution in [0, 0.1) is 6.92 Å². The first-order chi connectivity index (χ1) is 13.6. The lowest BCUT2D eigenvalue weighted by molar-refractivity contribution is -0.121. The molecule has 29 heavy (non-hydrogen) atoms. The molecule has 0 unspecified atom stereocenters. The van der Waals surface area contributed by atoms with E-state index in [0.717, 1.165) is 24.7 Å². The van der Waals surface area contributed by atoms with Crippen LogP contribution < -0.4 is 9.62 Å². The molecular weight excluding hydrogens is 384 g/mol. The Bertz CT molecular complexity index is 921. The van der Waals surface area contributed by atoms with Crippen LogP contribution in [0.2, 0.25) is 0 Å². The molecule has 158 valence electrons. The normalized spacial score (nSPS) is 12.6. The van der Waals surface area contributed by atoms with Gasteiger partial charge in [0.05, 0.1) is 11.9 Å². The molecule has 0 saturated heterocycles. The van der Waals surface area contributed by atoms with E-state index in [4.69, 9.17) is 0 Å². The Balaban J connectivity index is 1.94. The van der Waals surface area contributed by atoms with Gasteiger partial charge in [-0.3, -0.25) is 9.10 Å². The monoisotopic (exact) mass is 416 g/mol. The Kier molecular flexibility index (Phi) is 7.85. The summed E-state index contributed by atoms with van der Waals surface area (Å²) in [4.78, 5) is 12.6. The molecule has 1 N–H and O–H groups in total.